The van der Waals surface area contributed by atoms with Gasteiger partial charge in [-0.15, -0.1) is 10.2 Å². The van der Waals surface area contributed by atoms with Gasteiger partial charge in [0.1, 0.15) is 30.5 Å². The molecule has 14 nitrogen and oxygen atoms in total. The molecule has 0 spiro atoms. The Kier molecular flexibility index (Phi) is 8.52. The maximum atomic E-state index is 13.1. The van der Waals surface area contributed by atoms with Crippen LogP contribution in [-0.2, 0) is 4.74 Å². The normalized spacial score (nSPS) is 10.8. The third kappa shape index (κ3) is 5.74. The molecule has 1 amide bonds. The molecule has 0 fully saturated rings. The number of rotatable bonds is 12. The van der Waals surface area contributed by atoms with Crippen molar-refractivity contribution in [1.29, 1.82) is 0 Å². The number of carbonyl (C=O) groups is 1. The number of methoxy groups -OCH3 is 2. The van der Waals surface area contributed by atoms with Crippen LogP contribution in [0.3, 0.4) is 0 Å². The van der Waals surface area contributed by atoms with Crippen molar-refractivity contribution < 1.29 is 33.3 Å². The van der Waals surface area contributed by atoms with E-state index in [9.17, 15) is 14.7 Å². The molecule has 4 aromatic rings. The molecule has 0 aliphatic rings. The van der Waals surface area contributed by atoms with Crippen LogP contribution in [0.25, 0.3) is 16.3 Å². The van der Waals surface area contributed by atoms with Gasteiger partial charge in [-0.1, -0.05) is 17.4 Å². The summed E-state index contributed by atoms with van der Waals surface area (Å²) >= 11 is 1.01. The molecule has 1 aromatic carbocycles. The van der Waals surface area contributed by atoms with Crippen molar-refractivity contribution in [3.8, 4) is 33.5 Å². The second kappa shape index (κ2) is 12.2. The van der Waals surface area contributed by atoms with E-state index in [4.69, 9.17) is 29.1 Å². The highest BCUT2D eigenvalue weighted by molar-refractivity contribution is 7.17. The summed E-state index contributed by atoms with van der Waals surface area (Å²) in [5.41, 5.74) is 5.42. The predicted molar refractivity (Wildman–Crippen MR) is 136 cm³/mol. The lowest BCUT2D eigenvalue weighted by molar-refractivity contribution is 0.0990. The Balaban J connectivity index is 1.74. The first-order valence-electron chi connectivity index (χ1n) is 11.1. The van der Waals surface area contributed by atoms with E-state index in [1.807, 2.05) is 0 Å². The van der Waals surface area contributed by atoms with Gasteiger partial charge in [0.25, 0.3) is 5.91 Å². The summed E-state index contributed by atoms with van der Waals surface area (Å²) in [7, 11) is 2.93. The molecule has 4 N–H and O–H groups in total. The molecule has 0 saturated carbocycles. The highest BCUT2D eigenvalue weighted by Gasteiger charge is 2.25. The fourth-order valence-corrected chi connectivity index (χ4v) is 4.07. The van der Waals surface area contributed by atoms with Crippen molar-refractivity contribution in [1.82, 2.24) is 20.0 Å². The lowest BCUT2D eigenvalue weighted by atomic mass is 10.0. The predicted octanol–water partition coefficient (Wildman–Crippen LogP) is 1.58. The van der Waals surface area contributed by atoms with Gasteiger partial charge in [0.15, 0.2) is 5.76 Å². The van der Waals surface area contributed by atoms with Crippen molar-refractivity contribution in [2.24, 2.45) is 0 Å². The van der Waals surface area contributed by atoms with Gasteiger partial charge in [-0.05, 0) is 18.2 Å². The summed E-state index contributed by atoms with van der Waals surface area (Å²) in [6.45, 7) is -0.0334. The Morgan fingerprint density at radius 1 is 1.16 bits per heavy atom. The van der Waals surface area contributed by atoms with Crippen LogP contribution < -0.4 is 30.9 Å². The Morgan fingerprint density at radius 2 is 1.97 bits per heavy atom. The van der Waals surface area contributed by atoms with Crippen LogP contribution in [0.5, 0.6) is 17.2 Å². The average Bonchev–Trinajstić information content (AvgIpc) is 3.56. The molecule has 0 atom stereocenters. The third-order valence-corrected chi connectivity index (χ3v) is 5.79. The molecule has 0 aliphatic carbocycles. The van der Waals surface area contributed by atoms with E-state index in [1.54, 1.807) is 24.3 Å². The summed E-state index contributed by atoms with van der Waals surface area (Å²) in [5, 5.41) is 24.2. The first kappa shape index (κ1) is 26.6. The number of ether oxygens (including phenoxy) is 4. The van der Waals surface area contributed by atoms with E-state index < -0.39 is 11.5 Å². The molecule has 3 heterocycles. The van der Waals surface area contributed by atoms with E-state index in [0.29, 0.717) is 22.3 Å². The summed E-state index contributed by atoms with van der Waals surface area (Å²) in [6, 6.07) is 7.88. The van der Waals surface area contributed by atoms with Crippen molar-refractivity contribution in [3.05, 3.63) is 52.7 Å². The number of nitrogen functional groups attached to an aromatic ring is 1. The van der Waals surface area contributed by atoms with Gasteiger partial charge in [0.05, 0.1) is 32.1 Å². The first-order chi connectivity index (χ1) is 18.5. The number of aliphatic hydroxyl groups excluding tert-OH is 1. The Bertz CT molecular complexity index is 1470. The molecule has 200 valence electrons. The lowest BCUT2D eigenvalue weighted by Gasteiger charge is -2.17. The van der Waals surface area contributed by atoms with Gasteiger partial charge in [-0.25, -0.2) is 4.79 Å². The highest BCUT2D eigenvalue weighted by atomic mass is 32.1. The number of nitrogens with zero attached hydrogens (tertiary/aromatic N) is 4. The number of aromatic nitrogens is 4. The summed E-state index contributed by atoms with van der Waals surface area (Å²) in [5.74, 6) is -0.315. The SMILES string of the molecule is COCCOc1c(-c2c(OC)cccc2OCCO)cc(C(=O)Nc2nnc(-n3nccc3N)s2)oc1=O. The second-order valence-corrected chi connectivity index (χ2v) is 8.36. The van der Waals surface area contributed by atoms with Crippen LogP contribution in [0, 0.1) is 0 Å². The van der Waals surface area contributed by atoms with Gasteiger partial charge in [0, 0.05) is 18.7 Å². The van der Waals surface area contributed by atoms with Crippen molar-refractivity contribution in [2.75, 3.05) is 51.7 Å². The Hall–Kier alpha value is -4.47. The molecule has 38 heavy (non-hydrogen) atoms. The minimum absolute atomic E-state index is 0.0189. The number of carbonyl (C=O) groups excluding carboxylic acids is 1. The number of amides is 1. The van der Waals surface area contributed by atoms with E-state index in [2.05, 4.69) is 20.6 Å². The van der Waals surface area contributed by atoms with Crippen LogP contribution in [-0.4, -0.2) is 71.6 Å². The van der Waals surface area contributed by atoms with Crippen LogP contribution >= 0.6 is 11.3 Å². The number of aliphatic hydroxyl groups is 1. The minimum Gasteiger partial charge on any atom is -0.496 e. The maximum Gasteiger partial charge on any atom is 0.379 e. The lowest BCUT2D eigenvalue weighted by Crippen LogP contribution is -2.18. The second-order valence-electron chi connectivity index (χ2n) is 7.40. The van der Waals surface area contributed by atoms with Crippen LogP contribution in [0.2, 0.25) is 0 Å². The summed E-state index contributed by atoms with van der Waals surface area (Å²) in [4.78, 5) is 26.1. The number of hydrogen-bond donors (Lipinski definition) is 3. The van der Waals surface area contributed by atoms with Gasteiger partial charge in [-0.3, -0.25) is 10.1 Å². The van der Waals surface area contributed by atoms with Gasteiger partial charge >= 0.3 is 5.63 Å². The molecule has 3 aromatic heterocycles. The third-order valence-electron chi connectivity index (χ3n) is 4.98. The fourth-order valence-electron chi connectivity index (χ4n) is 3.35. The molecule has 0 saturated heterocycles. The van der Waals surface area contributed by atoms with Crippen LogP contribution in [0.1, 0.15) is 10.6 Å². The first-order valence-corrected chi connectivity index (χ1v) is 11.9. The topological polar surface area (TPSA) is 186 Å². The van der Waals surface area contributed by atoms with Crippen molar-refractivity contribution in [3.63, 3.8) is 0 Å². The Labute approximate surface area is 219 Å². The number of nitrogens with two attached hydrogens (primary N) is 1. The largest absolute Gasteiger partial charge is 0.496 e. The van der Waals surface area contributed by atoms with E-state index >= 15 is 0 Å². The van der Waals surface area contributed by atoms with E-state index in [1.165, 1.54) is 31.2 Å². The summed E-state index contributed by atoms with van der Waals surface area (Å²) < 4.78 is 28.5. The van der Waals surface area contributed by atoms with E-state index in [-0.39, 0.29) is 54.4 Å². The molecule has 0 aliphatic heterocycles. The Morgan fingerprint density at radius 3 is 2.68 bits per heavy atom. The number of hydrogen-bond acceptors (Lipinski definition) is 13. The quantitative estimate of drug-likeness (QED) is 0.219. The number of anilines is 2. The monoisotopic (exact) mass is 544 g/mol. The average molecular weight is 545 g/mol. The zero-order valence-electron chi connectivity index (χ0n) is 20.4. The van der Waals surface area contributed by atoms with E-state index in [0.717, 1.165) is 11.3 Å². The standard InChI is InChI=1S/C23H24N6O8S/c1-33-10-11-36-19-13(18-14(34-2)4-3-5-15(18)35-9-8-30)12-16(37-21(19)32)20(31)26-22-27-28-23(38-22)29-17(24)6-7-25-29/h3-7,12,30H,8-11,24H2,1-2H3,(H,26,27,31). The number of benzene rings is 1. The van der Waals surface area contributed by atoms with Crippen molar-refractivity contribution in [2.45, 2.75) is 0 Å². The fraction of sp³-hybridized carbons (Fsp3) is 0.261. The minimum atomic E-state index is -0.912. The van der Waals surface area contributed by atoms with Gasteiger partial charge < -0.3 is 34.2 Å². The van der Waals surface area contributed by atoms with Crippen molar-refractivity contribution >= 4 is 28.2 Å². The van der Waals surface area contributed by atoms with Gasteiger partial charge in [-0.2, -0.15) is 9.78 Å². The smallest absolute Gasteiger partial charge is 0.379 e. The maximum absolute atomic E-state index is 13.1. The molecule has 0 unspecified atom stereocenters. The zero-order valence-corrected chi connectivity index (χ0v) is 21.2. The zero-order chi connectivity index (χ0) is 27.1. The van der Waals surface area contributed by atoms with Gasteiger partial charge in [0.2, 0.25) is 16.0 Å². The molecule has 15 heteroatoms. The molecule has 0 radical (unpaired) electrons. The number of nitrogens with one attached hydrogen (secondary N) is 1. The summed E-state index contributed by atoms with van der Waals surface area (Å²) in [6.07, 6.45) is 1.50. The molecule has 4 rings (SSSR count). The molecule has 0 bridgehead atoms. The highest BCUT2D eigenvalue weighted by Crippen LogP contribution is 2.42. The van der Waals surface area contributed by atoms with Crippen LogP contribution in [0.15, 0.2) is 45.7 Å². The molecular weight excluding hydrogens is 520 g/mol. The van der Waals surface area contributed by atoms with Crippen LogP contribution in [0.4, 0.5) is 10.9 Å². The molecular formula is C23H24N6O8S.